The lowest BCUT2D eigenvalue weighted by Crippen LogP contribution is -2.30. The minimum Gasteiger partial charge on any atom is -0.494 e. The van der Waals surface area contributed by atoms with Crippen molar-refractivity contribution in [3.8, 4) is 5.75 Å². The molecule has 0 saturated heterocycles. The molecule has 0 radical (unpaired) electrons. The Balaban J connectivity index is 1.77. The summed E-state index contributed by atoms with van der Waals surface area (Å²) in [6.45, 7) is 6.34. The smallest absolute Gasteiger partial charge is 0.296 e. The zero-order valence-corrected chi connectivity index (χ0v) is 19.1. The summed E-state index contributed by atoms with van der Waals surface area (Å²) >= 11 is 6.02. The second kappa shape index (κ2) is 8.05. The van der Waals surface area contributed by atoms with Gasteiger partial charge in [-0.15, -0.1) is 0 Å². The number of carbonyl (C=O) groups excluding carboxylic acids is 1. The van der Waals surface area contributed by atoms with Gasteiger partial charge in [-0.05, 0) is 73.9 Å². The first-order valence-electron chi connectivity index (χ1n) is 10.6. The number of halogens is 1. The van der Waals surface area contributed by atoms with E-state index in [9.17, 15) is 9.59 Å². The van der Waals surface area contributed by atoms with E-state index in [0.717, 1.165) is 16.7 Å². The van der Waals surface area contributed by atoms with Crippen molar-refractivity contribution in [3.63, 3.8) is 0 Å². The molecule has 7 heteroatoms. The summed E-state index contributed by atoms with van der Waals surface area (Å²) in [5.74, 6) is 0.700. The topological polar surface area (TPSA) is 72.6 Å². The number of pyridine rings is 1. The van der Waals surface area contributed by atoms with Crippen molar-refractivity contribution < 1.29 is 13.9 Å². The van der Waals surface area contributed by atoms with Crippen LogP contribution in [-0.2, 0) is 0 Å². The molecular weight excluding hydrogens is 440 g/mol. The monoisotopic (exact) mass is 460 g/mol. The van der Waals surface area contributed by atoms with Gasteiger partial charge in [0.25, 0.3) is 5.91 Å². The molecule has 0 fully saturated rings. The van der Waals surface area contributed by atoms with Crippen molar-refractivity contribution in [3.05, 3.63) is 98.0 Å². The van der Waals surface area contributed by atoms with Gasteiger partial charge in [-0.2, -0.15) is 0 Å². The fourth-order valence-electron chi connectivity index (χ4n) is 4.20. The Morgan fingerprint density at radius 1 is 1.06 bits per heavy atom. The van der Waals surface area contributed by atoms with Gasteiger partial charge in [0.2, 0.25) is 5.76 Å². The van der Waals surface area contributed by atoms with E-state index in [1.54, 1.807) is 18.2 Å². The number of hydrogen-bond acceptors (Lipinski definition) is 5. The molecule has 4 aromatic rings. The molecule has 0 N–H and O–H groups in total. The van der Waals surface area contributed by atoms with Crippen molar-refractivity contribution in [1.82, 2.24) is 4.98 Å². The SMILES string of the molecule is CCOc1ccc(C2c3c(oc4cc(C)c(C)cc4c3=O)C(=O)N2c2ccc(Cl)cn2)cc1. The molecule has 33 heavy (non-hydrogen) atoms. The number of fused-ring (bicyclic) bond motifs is 2. The number of anilines is 1. The Labute approximate surface area is 195 Å². The van der Waals surface area contributed by atoms with Crippen molar-refractivity contribution >= 4 is 34.3 Å². The Bertz CT molecular complexity index is 1440. The third-order valence-electron chi connectivity index (χ3n) is 5.95. The van der Waals surface area contributed by atoms with Crippen LogP contribution < -0.4 is 15.1 Å². The lowest BCUT2D eigenvalue weighted by Gasteiger charge is -2.24. The van der Waals surface area contributed by atoms with Gasteiger partial charge in [-0.3, -0.25) is 14.5 Å². The summed E-state index contributed by atoms with van der Waals surface area (Å²) < 4.78 is 11.6. The number of nitrogens with zero attached hydrogens (tertiary/aromatic N) is 2. The molecular formula is C26H21ClN2O4. The van der Waals surface area contributed by atoms with Gasteiger partial charge in [0.05, 0.1) is 28.6 Å². The van der Waals surface area contributed by atoms with Gasteiger partial charge in [-0.25, -0.2) is 4.98 Å². The van der Waals surface area contributed by atoms with E-state index in [2.05, 4.69) is 4.98 Å². The standard InChI is InChI=1S/C26H21ClN2O4/c1-4-32-18-8-5-16(6-9-18)23-22-24(30)19-11-14(2)15(3)12-20(19)33-25(22)26(31)29(23)21-10-7-17(27)13-28-21/h5-13,23H,4H2,1-3H3. The van der Waals surface area contributed by atoms with Crippen LogP contribution >= 0.6 is 11.6 Å². The summed E-state index contributed by atoms with van der Waals surface area (Å²) in [5.41, 5.74) is 3.18. The van der Waals surface area contributed by atoms with Crippen LogP contribution in [-0.4, -0.2) is 17.5 Å². The number of aromatic nitrogens is 1. The molecule has 0 saturated carbocycles. The number of hydrogen-bond donors (Lipinski definition) is 0. The van der Waals surface area contributed by atoms with Crippen molar-refractivity contribution in [2.75, 3.05) is 11.5 Å². The average molecular weight is 461 g/mol. The molecule has 0 bridgehead atoms. The van der Waals surface area contributed by atoms with Gasteiger partial charge < -0.3 is 9.15 Å². The summed E-state index contributed by atoms with van der Waals surface area (Å²) in [5, 5.41) is 0.901. The van der Waals surface area contributed by atoms with Gasteiger partial charge >= 0.3 is 0 Å². The Morgan fingerprint density at radius 2 is 1.79 bits per heavy atom. The van der Waals surface area contributed by atoms with Crippen molar-refractivity contribution in [2.45, 2.75) is 26.8 Å². The number of benzene rings is 2. The maximum atomic E-state index is 13.7. The van der Waals surface area contributed by atoms with Crippen LogP contribution in [0.3, 0.4) is 0 Å². The predicted octanol–water partition coefficient (Wildman–Crippen LogP) is 5.61. The first kappa shape index (κ1) is 21.2. The van der Waals surface area contributed by atoms with Gasteiger partial charge in [0.1, 0.15) is 17.2 Å². The third kappa shape index (κ3) is 3.47. The Kier molecular flexibility index (Phi) is 5.17. The number of aryl methyl sites for hydroxylation is 2. The molecule has 0 aliphatic carbocycles. The molecule has 1 aliphatic rings. The van der Waals surface area contributed by atoms with E-state index >= 15 is 0 Å². The van der Waals surface area contributed by atoms with Crippen LogP contribution in [0.15, 0.2) is 63.9 Å². The lowest BCUT2D eigenvalue weighted by molar-refractivity contribution is 0.0970. The van der Waals surface area contributed by atoms with E-state index in [0.29, 0.717) is 39.7 Å². The Hall–Kier alpha value is -3.64. The van der Waals surface area contributed by atoms with Crippen LogP contribution in [0.5, 0.6) is 5.75 Å². The summed E-state index contributed by atoms with van der Waals surface area (Å²) in [4.78, 5) is 33.1. The zero-order valence-electron chi connectivity index (χ0n) is 18.4. The summed E-state index contributed by atoms with van der Waals surface area (Å²) in [6, 6.07) is 13.6. The second-order valence-corrected chi connectivity index (χ2v) is 8.46. The van der Waals surface area contributed by atoms with E-state index in [1.807, 2.05) is 51.1 Å². The highest BCUT2D eigenvalue weighted by Crippen LogP contribution is 2.41. The summed E-state index contributed by atoms with van der Waals surface area (Å²) in [7, 11) is 0. The van der Waals surface area contributed by atoms with Crippen LogP contribution in [0.4, 0.5) is 5.82 Å². The van der Waals surface area contributed by atoms with Crippen LogP contribution in [0.25, 0.3) is 11.0 Å². The molecule has 2 aromatic heterocycles. The van der Waals surface area contributed by atoms with Gasteiger partial charge in [0.15, 0.2) is 5.43 Å². The van der Waals surface area contributed by atoms with Crippen LogP contribution in [0, 0.1) is 13.8 Å². The molecule has 0 spiro atoms. The molecule has 5 rings (SSSR count). The minimum atomic E-state index is -0.695. The number of ether oxygens (including phenoxy) is 1. The van der Waals surface area contributed by atoms with E-state index in [4.69, 9.17) is 20.8 Å². The largest absolute Gasteiger partial charge is 0.494 e. The van der Waals surface area contributed by atoms with Gasteiger partial charge in [-0.1, -0.05) is 23.7 Å². The number of amides is 1. The van der Waals surface area contributed by atoms with Crippen molar-refractivity contribution in [2.24, 2.45) is 0 Å². The number of rotatable bonds is 4. The fraction of sp³-hybridized carbons (Fsp3) is 0.192. The first-order valence-corrected chi connectivity index (χ1v) is 11.0. The average Bonchev–Trinajstić information content (AvgIpc) is 3.09. The predicted molar refractivity (Wildman–Crippen MR) is 127 cm³/mol. The minimum absolute atomic E-state index is 0.0337. The Morgan fingerprint density at radius 3 is 2.45 bits per heavy atom. The third-order valence-corrected chi connectivity index (χ3v) is 6.18. The van der Waals surface area contributed by atoms with Gasteiger partial charge in [0, 0.05) is 6.20 Å². The molecule has 1 atom stereocenters. The van der Waals surface area contributed by atoms with Crippen molar-refractivity contribution in [1.29, 1.82) is 0 Å². The lowest BCUT2D eigenvalue weighted by atomic mass is 9.97. The normalized spacial score (nSPS) is 15.2. The molecule has 1 unspecified atom stereocenters. The first-order chi connectivity index (χ1) is 15.9. The van der Waals surface area contributed by atoms with E-state index in [1.165, 1.54) is 11.1 Å². The quantitative estimate of drug-likeness (QED) is 0.396. The molecule has 1 amide bonds. The molecule has 6 nitrogen and oxygen atoms in total. The molecule has 3 heterocycles. The second-order valence-electron chi connectivity index (χ2n) is 8.02. The summed E-state index contributed by atoms with van der Waals surface area (Å²) in [6.07, 6.45) is 1.47. The highest BCUT2D eigenvalue weighted by atomic mass is 35.5. The highest BCUT2D eigenvalue weighted by molar-refractivity contribution is 6.30. The molecule has 166 valence electrons. The molecule has 1 aliphatic heterocycles. The maximum Gasteiger partial charge on any atom is 0.296 e. The van der Waals surface area contributed by atoms with E-state index in [-0.39, 0.29) is 11.2 Å². The zero-order chi connectivity index (χ0) is 23.3. The molecule has 2 aromatic carbocycles. The number of carbonyl (C=O) groups is 1. The van der Waals surface area contributed by atoms with Crippen LogP contribution in [0.1, 0.15) is 45.8 Å². The highest BCUT2D eigenvalue weighted by Gasteiger charge is 2.44. The fourth-order valence-corrected chi connectivity index (χ4v) is 4.32. The maximum absolute atomic E-state index is 13.7. The van der Waals surface area contributed by atoms with E-state index < -0.39 is 11.9 Å². The van der Waals surface area contributed by atoms with Crippen LogP contribution in [0.2, 0.25) is 5.02 Å².